The molecule has 1 heterocycles. The van der Waals surface area contributed by atoms with E-state index in [1.54, 1.807) is 18.2 Å². The molecule has 1 fully saturated rings. The molecule has 5 heteroatoms. The largest absolute Gasteiger partial charge is 0.304 e. The van der Waals surface area contributed by atoms with Crippen LogP contribution in [-0.2, 0) is 11.2 Å². The molecule has 3 rings (SSSR count). The SMILES string of the molecule is O=C1NC(=Nc2ccccc2)SC1Cc1ccccc1F. The maximum absolute atomic E-state index is 13.6. The predicted octanol–water partition coefficient (Wildman–Crippen LogP) is 3.29. The van der Waals surface area contributed by atoms with Crippen molar-refractivity contribution < 1.29 is 9.18 Å². The van der Waals surface area contributed by atoms with Gasteiger partial charge in [-0.15, -0.1) is 0 Å². The summed E-state index contributed by atoms with van der Waals surface area (Å²) in [5.41, 5.74) is 1.33. The van der Waals surface area contributed by atoms with Crippen LogP contribution >= 0.6 is 11.8 Å². The Bertz CT molecular complexity index is 688. The minimum Gasteiger partial charge on any atom is -0.304 e. The number of carbonyl (C=O) groups excluding carboxylic acids is 1. The van der Waals surface area contributed by atoms with Crippen molar-refractivity contribution >= 4 is 28.5 Å². The van der Waals surface area contributed by atoms with E-state index >= 15 is 0 Å². The fourth-order valence-corrected chi connectivity index (χ4v) is 3.09. The molecule has 0 aromatic heterocycles. The van der Waals surface area contributed by atoms with Crippen LogP contribution in [0, 0.1) is 5.82 Å². The molecule has 0 aliphatic carbocycles. The summed E-state index contributed by atoms with van der Waals surface area (Å²) < 4.78 is 13.6. The van der Waals surface area contributed by atoms with E-state index in [4.69, 9.17) is 0 Å². The average Bonchev–Trinajstić information content (AvgIpc) is 2.82. The zero-order valence-corrected chi connectivity index (χ0v) is 11.9. The summed E-state index contributed by atoms with van der Waals surface area (Å²) in [5.74, 6) is -0.405. The predicted molar refractivity (Wildman–Crippen MR) is 83.2 cm³/mol. The van der Waals surface area contributed by atoms with E-state index in [2.05, 4.69) is 10.3 Å². The molecule has 1 amide bonds. The van der Waals surface area contributed by atoms with Gasteiger partial charge in [-0.2, -0.15) is 0 Å². The third kappa shape index (κ3) is 3.31. The first-order chi connectivity index (χ1) is 10.2. The second-order valence-electron chi connectivity index (χ2n) is 4.64. The monoisotopic (exact) mass is 300 g/mol. The van der Waals surface area contributed by atoms with Crippen molar-refractivity contribution in [3.05, 3.63) is 66.0 Å². The van der Waals surface area contributed by atoms with Crippen molar-refractivity contribution in [1.29, 1.82) is 0 Å². The fraction of sp³-hybridized carbons (Fsp3) is 0.125. The van der Waals surface area contributed by atoms with Crippen molar-refractivity contribution in [2.24, 2.45) is 4.99 Å². The summed E-state index contributed by atoms with van der Waals surface area (Å²) in [6, 6.07) is 15.9. The number of halogens is 1. The molecule has 1 aliphatic heterocycles. The number of amidine groups is 1. The van der Waals surface area contributed by atoms with Gasteiger partial charge >= 0.3 is 0 Å². The molecule has 0 bridgehead atoms. The molecule has 1 atom stereocenters. The standard InChI is InChI=1S/C16H13FN2OS/c17-13-9-5-4-6-11(13)10-14-15(20)19-16(21-14)18-12-7-2-1-3-8-12/h1-9,14H,10H2,(H,18,19,20). The molecule has 1 unspecified atom stereocenters. The third-order valence-corrected chi connectivity index (χ3v) is 4.21. The van der Waals surface area contributed by atoms with Crippen molar-refractivity contribution in [2.75, 3.05) is 0 Å². The second-order valence-corrected chi connectivity index (χ2v) is 5.84. The van der Waals surface area contributed by atoms with E-state index < -0.39 is 0 Å². The van der Waals surface area contributed by atoms with Crippen LogP contribution in [0.2, 0.25) is 0 Å². The number of hydrogen-bond acceptors (Lipinski definition) is 3. The Hall–Kier alpha value is -2.14. The maximum atomic E-state index is 13.6. The molecule has 0 spiro atoms. The van der Waals surface area contributed by atoms with Crippen molar-refractivity contribution in [3.63, 3.8) is 0 Å². The van der Waals surface area contributed by atoms with E-state index in [-0.39, 0.29) is 17.0 Å². The van der Waals surface area contributed by atoms with Gasteiger partial charge in [-0.1, -0.05) is 48.2 Å². The quantitative estimate of drug-likeness (QED) is 0.945. The topological polar surface area (TPSA) is 41.5 Å². The van der Waals surface area contributed by atoms with Crippen LogP contribution in [0.15, 0.2) is 59.6 Å². The summed E-state index contributed by atoms with van der Waals surface area (Å²) in [7, 11) is 0. The zero-order chi connectivity index (χ0) is 14.7. The summed E-state index contributed by atoms with van der Waals surface area (Å²) in [6.45, 7) is 0. The number of para-hydroxylation sites is 1. The summed E-state index contributed by atoms with van der Waals surface area (Å²) in [4.78, 5) is 16.3. The second kappa shape index (κ2) is 6.10. The summed E-state index contributed by atoms with van der Waals surface area (Å²) in [6.07, 6.45) is 0.358. The van der Waals surface area contributed by atoms with Crippen LogP contribution in [0.5, 0.6) is 0 Å². The smallest absolute Gasteiger partial charge is 0.239 e. The Kier molecular flexibility index (Phi) is 4.01. The zero-order valence-electron chi connectivity index (χ0n) is 11.1. The van der Waals surface area contributed by atoms with Gasteiger partial charge in [0.15, 0.2) is 5.17 Å². The van der Waals surface area contributed by atoms with E-state index in [0.29, 0.717) is 17.2 Å². The van der Waals surface area contributed by atoms with Crippen molar-refractivity contribution in [1.82, 2.24) is 5.32 Å². The summed E-state index contributed by atoms with van der Waals surface area (Å²) in [5, 5.41) is 2.96. The van der Waals surface area contributed by atoms with Gasteiger partial charge in [0.2, 0.25) is 5.91 Å². The molecular weight excluding hydrogens is 287 g/mol. The fourth-order valence-electron chi connectivity index (χ4n) is 2.08. The number of rotatable bonds is 3. The van der Waals surface area contributed by atoms with Crippen molar-refractivity contribution in [3.8, 4) is 0 Å². The van der Waals surface area contributed by atoms with E-state index in [0.717, 1.165) is 5.69 Å². The molecule has 0 radical (unpaired) electrons. The molecule has 1 saturated heterocycles. The first-order valence-corrected chi connectivity index (χ1v) is 7.45. The lowest BCUT2D eigenvalue weighted by molar-refractivity contribution is -0.118. The van der Waals surface area contributed by atoms with Gasteiger partial charge < -0.3 is 5.32 Å². The van der Waals surface area contributed by atoms with Gasteiger partial charge in [-0.05, 0) is 30.2 Å². The highest BCUT2D eigenvalue weighted by molar-refractivity contribution is 8.15. The molecule has 0 saturated carbocycles. The number of benzene rings is 2. The lowest BCUT2D eigenvalue weighted by Crippen LogP contribution is -2.26. The minimum atomic E-state index is -0.343. The maximum Gasteiger partial charge on any atom is 0.239 e. The Labute approximate surface area is 126 Å². The first kappa shape index (κ1) is 13.8. The highest BCUT2D eigenvalue weighted by atomic mass is 32.2. The van der Waals surface area contributed by atoms with Gasteiger partial charge in [0.25, 0.3) is 0 Å². The van der Waals surface area contributed by atoms with Crippen LogP contribution in [0.1, 0.15) is 5.56 Å². The van der Waals surface area contributed by atoms with Crippen LogP contribution in [0.25, 0.3) is 0 Å². The summed E-state index contributed by atoms with van der Waals surface area (Å²) >= 11 is 1.34. The van der Waals surface area contributed by atoms with E-state index in [1.807, 2.05) is 30.3 Å². The van der Waals surface area contributed by atoms with Gasteiger partial charge in [-0.25, -0.2) is 9.38 Å². The number of thioether (sulfide) groups is 1. The number of nitrogens with one attached hydrogen (secondary N) is 1. The molecule has 106 valence electrons. The Morgan fingerprint density at radius 3 is 2.57 bits per heavy atom. The Balaban J connectivity index is 1.74. The Morgan fingerprint density at radius 2 is 1.81 bits per heavy atom. The van der Waals surface area contributed by atoms with Gasteiger partial charge in [0.05, 0.1) is 10.9 Å². The molecule has 2 aromatic rings. The highest BCUT2D eigenvalue weighted by Crippen LogP contribution is 2.26. The Morgan fingerprint density at radius 1 is 1.10 bits per heavy atom. The average molecular weight is 300 g/mol. The van der Waals surface area contributed by atoms with Crippen LogP contribution in [0.4, 0.5) is 10.1 Å². The number of aliphatic imine (C=N–C) groups is 1. The molecule has 3 nitrogen and oxygen atoms in total. The number of hydrogen-bond donors (Lipinski definition) is 1. The normalized spacial score (nSPS) is 19.8. The van der Waals surface area contributed by atoms with E-state index in [1.165, 1.54) is 17.8 Å². The van der Waals surface area contributed by atoms with Gasteiger partial charge in [-0.3, -0.25) is 4.79 Å². The van der Waals surface area contributed by atoms with E-state index in [9.17, 15) is 9.18 Å². The van der Waals surface area contributed by atoms with Gasteiger partial charge in [0.1, 0.15) is 5.82 Å². The molecule has 1 aliphatic rings. The third-order valence-electron chi connectivity index (χ3n) is 3.13. The molecule has 2 aromatic carbocycles. The molecule has 1 N–H and O–H groups in total. The van der Waals surface area contributed by atoms with Crippen LogP contribution in [-0.4, -0.2) is 16.3 Å². The van der Waals surface area contributed by atoms with Crippen molar-refractivity contribution in [2.45, 2.75) is 11.7 Å². The number of carbonyl (C=O) groups is 1. The number of nitrogens with zero attached hydrogens (tertiary/aromatic N) is 1. The van der Waals surface area contributed by atoms with Crippen LogP contribution in [0.3, 0.4) is 0 Å². The lowest BCUT2D eigenvalue weighted by Gasteiger charge is -2.06. The molecule has 21 heavy (non-hydrogen) atoms. The highest BCUT2D eigenvalue weighted by Gasteiger charge is 2.30. The van der Waals surface area contributed by atoms with Crippen LogP contribution < -0.4 is 5.32 Å². The van der Waals surface area contributed by atoms with Gasteiger partial charge in [0, 0.05) is 0 Å². The minimum absolute atomic E-state index is 0.127. The molecular formula is C16H13FN2OS. The lowest BCUT2D eigenvalue weighted by atomic mass is 10.1. The first-order valence-electron chi connectivity index (χ1n) is 6.57. The number of amides is 1.